The molecule has 1 aliphatic heterocycles. The Balaban J connectivity index is 1.38. The van der Waals surface area contributed by atoms with Crippen molar-refractivity contribution in [2.75, 3.05) is 26.7 Å². The van der Waals surface area contributed by atoms with Crippen molar-refractivity contribution in [1.82, 2.24) is 9.80 Å². The van der Waals surface area contributed by atoms with Crippen LogP contribution in [0.2, 0.25) is 0 Å². The Hall–Kier alpha value is -3.67. The zero-order chi connectivity index (χ0) is 28.0. The number of carbonyl (C=O) groups excluding carboxylic acids is 2. The van der Waals surface area contributed by atoms with E-state index in [-0.39, 0.29) is 17.6 Å². The molecule has 3 aromatic rings. The standard InChI is InChI=1S/C34H39FN2O3/c1-36(24-27-12-4-2-5-13-27)31(38)23-33(26-40-30-16-6-3-7-17-30)18-11-21-37(25-33)32(39)34(19-8-9-20-34)28-14-10-15-29(35)22-28/h2-7,10,12-17,22H,8-9,11,18-21,23-26H2,1H3/t33-/m0/s1. The van der Waals surface area contributed by atoms with E-state index in [1.807, 2.05) is 78.7 Å². The lowest BCUT2D eigenvalue weighted by molar-refractivity contribution is -0.145. The zero-order valence-corrected chi connectivity index (χ0v) is 23.4. The van der Waals surface area contributed by atoms with Crippen molar-refractivity contribution >= 4 is 11.8 Å². The summed E-state index contributed by atoms with van der Waals surface area (Å²) in [7, 11) is 1.84. The highest BCUT2D eigenvalue weighted by Gasteiger charge is 2.48. The van der Waals surface area contributed by atoms with Crippen LogP contribution in [0, 0.1) is 11.2 Å². The summed E-state index contributed by atoms with van der Waals surface area (Å²) in [6.45, 7) is 1.96. The molecule has 1 atom stereocenters. The number of hydrogen-bond donors (Lipinski definition) is 0. The van der Waals surface area contributed by atoms with Gasteiger partial charge in [-0.15, -0.1) is 0 Å². The molecule has 6 heteroatoms. The second-order valence-electron chi connectivity index (χ2n) is 11.6. The fraction of sp³-hybridized carbons (Fsp3) is 0.412. The molecule has 210 valence electrons. The summed E-state index contributed by atoms with van der Waals surface area (Å²) >= 11 is 0. The van der Waals surface area contributed by atoms with Crippen LogP contribution in [0.5, 0.6) is 5.75 Å². The van der Waals surface area contributed by atoms with Gasteiger partial charge in [0, 0.05) is 38.5 Å². The first-order valence-electron chi connectivity index (χ1n) is 14.4. The molecule has 0 spiro atoms. The van der Waals surface area contributed by atoms with Crippen LogP contribution in [0.3, 0.4) is 0 Å². The van der Waals surface area contributed by atoms with E-state index in [0.29, 0.717) is 32.7 Å². The van der Waals surface area contributed by atoms with Crippen LogP contribution in [0.25, 0.3) is 0 Å². The first-order chi connectivity index (χ1) is 19.4. The molecule has 3 aromatic carbocycles. The lowest BCUT2D eigenvalue weighted by Crippen LogP contribution is -2.55. The third-order valence-electron chi connectivity index (χ3n) is 8.70. The number of piperidine rings is 1. The number of rotatable bonds is 9. The van der Waals surface area contributed by atoms with Crippen molar-refractivity contribution in [3.63, 3.8) is 0 Å². The second-order valence-corrected chi connectivity index (χ2v) is 11.6. The van der Waals surface area contributed by atoms with Gasteiger partial charge >= 0.3 is 0 Å². The topological polar surface area (TPSA) is 49.9 Å². The van der Waals surface area contributed by atoms with Gasteiger partial charge in [0.25, 0.3) is 0 Å². The predicted octanol–water partition coefficient (Wildman–Crippen LogP) is 6.37. The number of carbonyl (C=O) groups is 2. The molecular formula is C34H39FN2O3. The number of likely N-dealkylation sites (tertiary alicyclic amines) is 1. The van der Waals surface area contributed by atoms with Crippen LogP contribution in [-0.2, 0) is 21.5 Å². The van der Waals surface area contributed by atoms with Crippen LogP contribution >= 0.6 is 0 Å². The predicted molar refractivity (Wildman–Crippen MR) is 154 cm³/mol. The maximum Gasteiger partial charge on any atom is 0.233 e. The van der Waals surface area contributed by atoms with E-state index in [4.69, 9.17) is 4.74 Å². The van der Waals surface area contributed by atoms with Crippen LogP contribution in [0.4, 0.5) is 4.39 Å². The Morgan fingerprint density at radius 3 is 2.30 bits per heavy atom. The number of halogens is 1. The van der Waals surface area contributed by atoms with Crippen LogP contribution in [0.15, 0.2) is 84.9 Å². The van der Waals surface area contributed by atoms with Gasteiger partial charge < -0.3 is 14.5 Å². The van der Waals surface area contributed by atoms with E-state index >= 15 is 0 Å². The minimum atomic E-state index is -0.709. The van der Waals surface area contributed by atoms with Gasteiger partial charge in [-0.05, 0) is 61.1 Å². The van der Waals surface area contributed by atoms with Crippen LogP contribution in [-0.4, -0.2) is 48.4 Å². The summed E-state index contributed by atoms with van der Waals surface area (Å²) in [6.07, 6.45) is 5.21. The van der Waals surface area contributed by atoms with Crippen molar-refractivity contribution in [3.8, 4) is 5.75 Å². The van der Waals surface area contributed by atoms with E-state index in [0.717, 1.165) is 55.4 Å². The minimum Gasteiger partial charge on any atom is -0.493 e. The van der Waals surface area contributed by atoms with E-state index < -0.39 is 10.8 Å². The molecule has 1 heterocycles. The molecule has 0 bridgehead atoms. The quantitative estimate of drug-likeness (QED) is 0.316. The van der Waals surface area contributed by atoms with Crippen LogP contribution in [0.1, 0.15) is 56.1 Å². The zero-order valence-electron chi connectivity index (χ0n) is 23.4. The molecule has 2 aliphatic rings. The summed E-state index contributed by atoms with van der Waals surface area (Å²) in [5.41, 5.74) is 0.615. The Morgan fingerprint density at radius 1 is 0.900 bits per heavy atom. The second kappa shape index (κ2) is 12.2. The SMILES string of the molecule is CN(Cc1ccccc1)C(=O)C[C@@]1(COc2ccccc2)CCCN(C(=O)C2(c3cccc(F)c3)CCCC2)C1. The van der Waals surface area contributed by atoms with Crippen molar-refractivity contribution in [1.29, 1.82) is 0 Å². The molecule has 0 radical (unpaired) electrons. The van der Waals surface area contributed by atoms with Gasteiger partial charge in [-0.25, -0.2) is 4.39 Å². The molecule has 1 saturated heterocycles. The number of ether oxygens (including phenoxy) is 1. The Morgan fingerprint density at radius 2 is 1.60 bits per heavy atom. The molecule has 1 aliphatic carbocycles. The molecule has 5 rings (SSSR count). The number of nitrogens with zero attached hydrogens (tertiary/aromatic N) is 2. The number of hydrogen-bond acceptors (Lipinski definition) is 3. The van der Waals surface area contributed by atoms with Gasteiger partial charge in [-0.3, -0.25) is 9.59 Å². The number of para-hydroxylation sites is 1. The normalized spacial score (nSPS) is 20.2. The molecule has 0 unspecified atom stereocenters. The lowest BCUT2D eigenvalue weighted by Gasteiger charge is -2.45. The summed E-state index contributed by atoms with van der Waals surface area (Å²) in [5.74, 6) is 0.537. The van der Waals surface area contributed by atoms with E-state index in [9.17, 15) is 14.0 Å². The maximum absolute atomic E-state index is 14.3. The molecule has 0 N–H and O–H groups in total. The summed E-state index contributed by atoms with van der Waals surface area (Å²) in [4.78, 5) is 31.6. The fourth-order valence-corrected chi connectivity index (χ4v) is 6.54. The average Bonchev–Trinajstić information content (AvgIpc) is 3.48. The highest BCUT2D eigenvalue weighted by atomic mass is 19.1. The molecule has 1 saturated carbocycles. The molecule has 2 amide bonds. The average molecular weight is 543 g/mol. The lowest BCUT2D eigenvalue weighted by atomic mass is 9.74. The van der Waals surface area contributed by atoms with Crippen molar-refractivity contribution in [2.24, 2.45) is 5.41 Å². The summed E-state index contributed by atoms with van der Waals surface area (Å²) in [5, 5.41) is 0. The van der Waals surface area contributed by atoms with Crippen molar-refractivity contribution < 1.29 is 18.7 Å². The molecule has 2 fully saturated rings. The molecule has 5 nitrogen and oxygen atoms in total. The summed E-state index contributed by atoms with van der Waals surface area (Å²) in [6, 6.07) is 26.2. The fourth-order valence-electron chi connectivity index (χ4n) is 6.54. The van der Waals surface area contributed by atoms with Crippen molar-refractivity contribution in [3.05, 3.63) is 102 Å². The van der Waals surface area contributed by atoms with E-state index in [1.165, 1.54) is 12.1 Å². The van der Waals surface area contributed by atoms with Crippen molar-refractivity contribution in [2.45, 2.75) is 56.9 Å². The third kappa shape index (κ3) is 6.22. The largest absolute Gasteiger partial charge is 0.493 e. The van der Waals surface area contributed by atoms with Gasteiger partial charge in [0.15, 0.2) is 0 Å². The Bertz CT molecular complexity index is 1290. The van der Waals surface area contributed by atoms with Gasteiger partial charge in [-0.1, -0.05) is 73.5 Å². The highest BCUT2D eigenvalue weighted by molar-refractivity contribution is 5.89. The van der Waals surface area contributed by atoms with Gasteiger partial charge in [0.05, 0.1) is 12.0 Å². The Kier molecular flexibility index (Phi) is 8.53. The number of amides is 2. The third-order valence-corrected chi connectivity index (χ3v) is 8.70. The molecular weight excluding hydrogens is 503 g/mol. The first-order valence-corrected chi connectivity index (χ1v) is 14.4. The Labute approximate surface area is 236 Å². The monoisotopic (exact) mass is 542 g/mol. The number of benzene rings is 3. The molecule has 40 heavy (non-hydrogen) atoms. The minimum absolute atomic E-state index is 0.0375. The van der Waals surface area contributed by atoms with Gasteiger partial charge in [0.1, 0.15) is 11.6 Å². The van der Waals surface area contributed by atoms with E-state index in [2.05, 4.69) is 0 Å². The maximum atomic E-state index is 14.3. The first kappa shape index (κ1) is 27.9. The van der Waals surface area contributed by atoms with E-state index in [1.54, 1.807) is 11.0 Å². The summed E-state index contributed by atoms with van der Waals surface area (Å²) < 4.78 is 20.5. The van der Waals surface area contributed by atoms with Gasteiger partial charge in [0.2, 0.25) is 11.8 Å². The van der Waals surface area contributed by atoms with Gasteiger partial charge in [-0.2, -0.15) is 0 Å². The van der Waals surface area contributed by atoms with Crippen LogP contribution < -0.4 is 4.74 Å². The highest BCUT2D eigenvalue weighted by Crippen LogP contribution is 2.45. The smallest absolute Gasteiger partial charge is 0.233 e. The molecule has 0 aromatic heterocycles.